The number of carbonyl (C=O) groups excluding carboxylic acids is 1. The summed E-state index contributed by atoms with van der Waals surface area (Å²) >= 11 is 0. The van der Waals surface area contributed by atoms with Crippen molar-refractivity contribution >= 4 is 15.9 Å². The van der Waals surface area contributed by atoms with Crippen molar-refractivity contribution in [1.82, 2.24) is 4.31 Å². The molecule has 6 nitrogen and oxygen atoms in total. The van der Waals surface area contributed by atoms with Crippen molar-refractivity contribution < 1.29 is 17.9 Å². The van der Waals surface area contributed by atoms with Gasteiger partial charge in [-0.25, -0.2) is 8.42 Å². The van der Waals surface area contributed by atoms with E-state index in [4.69, 9.17) is 10.5 Å². The maximum absolute atomic E-state index is 13.1. The van der Waals surface area contributed by atoms with Gasteiger partial charge in [-0.3, -0.25) is 4.79 Å². The molecule has 7 heteroatoms. The fourth-order valence-corrected chi connectivity index (χ4v) is 4.59. The van der Waals surface area contributed by atoms with Crippen molar-refractivity contribution in [3.8, 4) is 5.75 Å². The van der Waals surface area contributed by atoms with Gasteiger partial charge in [-0.15, -0.1) is 0 Å². The monoisotopic (exact) mass is 368 g/mol. The highest BCUT2D eigenvalue weighted by molar-refractivity contribution is 7.89. The Labute approximate surface area is 150 Å². The average Bonchev–Trinajstić information content (AvgIpc) is 2.58. The highest BCUT2D eigenvalue weighted by atomic mass is 32.2. The number of rotatable bonds is 7. The lowest BCUT2D eigenvalue weighted by Crippen LogP contribution is -2.41. The SMILES string of the molecule is CCCCOc1cc(C)c(C)cc1S(=O)(=O)N1CCC(C(N)=O)CC1. The first-order chi connectivity index (χ1) is 11.8. The maximum atomic E-state index is 13.1. The number of nitrogens with two attached hydrogens (primary N) is 1. The van der Waals surface area contributed by atoms with E-state index in [-0.39, 0.29) is 16.7 Å². The number of sulfonamides is 1. The van der Waals surface area contributed by atoms with Gasteiger partial charge in [0.25, 0.3) is 0 Å². The molecule has 0 aromatic heterocycles. The van der Waals surface area contributed by atoms with Gasteiger partial charge in [0.15, 0.2) is 0 Å². The zero-order valence-corrected chi connectivity index (χ0v) is 16.1. The second kappa shape index (κ2) is 8.19. The second-order valence-corrected chi connectivity index (χ2v) is 8.57. The van der Waals surface area contributed by atoms with Crippen LogP contribution in [0.1, 0.15) is 43.7 Å². The Bertz CT molecular complexity index is 723. The number of nitrogens with zero attached hydrogens (tertiary/aromatic N) is 1. The number of carbonyl (C=O) groups is 1. The van der Waals surface area contributed by atoms with Crippen LogP contribution in [0, 0.1) is 19.8 Å². The molecule has 0 spiro atoms. The van der Waals surface area contributed by atoms with Crippen molar-refractivity contribution in [2.24, 2.45) is 11.7 Å². The van der Waals surface area contributed by atoms with E-state index >= 15 is 0 Å². The first kappa shape index (κ1) is 19.7. The van der Waals surface area contributed by atoms with Crippen LogP contribution in [0.2, 0.25) is 0 Å². The Balaban J connectivity index is 2.28. The van der Waals surface area contributed by atoms with Crippen molar-refractivity contribution in [1.29, 1.82) is 0 Å². The van der Waals surface area contributed by atoms with Crippen LogP contribution in [-0.4, -0.2) is 38.3 Å². The Hall–Kier alpha value is -1.60. The van der Waals surface area contributed by atoms with E-state index in [1.807, 2.05) is 13.8 Å². The molecule has 0 saturated carbocycles. The molecule has 140 valence electrons. The fourth-order valence-electron chi connectivity index (χ4n) is 2.92. The van der Waals surface area contributed by atoms with E-state index in [2.05, 4.69) is 6.92 Å². The van der Waals surface area contributed by atoms with E-state index in [9.17, 15) is 13.2 Å². The minimum atomic E-state index is -3.66. The average molecular weight is 368 g/mol. The number of aryl methyl sites for hydroxylation is 2. The molecule has 1 aromatic carbocycles. The van der Waals surface area contributed by atoms with Gasteiger partial charge in [-0.05, 0) is 56.4 Å². The summed E-state index contributed by atoms with van der Waals surface area (Å²) in [6.45, 7) is 6.99. The zero-order chi connectivity index (χ0) is 18.6. The number of hydrogen-bond acceptors (Lipinski definition) is 4. The van der Waals surface area contributed by atoms with Gasteiger partial charge in [0.2, 0.25) is 15.9 Å². The molecule has 2 rings (SSSR count). The second-order valence-electron chi connectivity index (χ2n) is 6.67. The number of piperidine rings is 1. The van der Waals surface area contributed by atoms with Crippen LogP contribution in [0.3, 0.4) is 0 Å². The molecule has 0 unspecified atom stereocenters. The first-order valence-electron chi connectivity index (χ1n) is 8.81. The van der Waals surface area contributed by atoms with E-state index in [1.165, 1.54) is 4.31 Å². The quantitative estimate of drug-likeness (QED) is 0.748. The molecular formula is C18H28N2O4S. The van der Waals surface area contributed by atoms with Crippen LogP contribution in [0.25, 0.3) is 0 Å². The third kappa shape index (κ3) is 4.52. The van der Waals surface area contributed by atoms with Crippen LogP contribution in [-0.2, 0) is 14.8 Å². The lowest BCUT2D eigenvalue weighted by molar-refractivity contribution is -0.122. The predicted octanol–water partition coefficient (Wildman–Crippen LogP) is 2.37. The van der Waals surface area contributed by atoms with E-state index < -0.39 is 10.0 Å². The molecule has 1 fully saturated rings. The third-order valence-corrected chi connectivity index (χ3v) is 6.71. The smallest absolute Gasteiger partial charge is 0.246 e. The third-order valence-electron chi connectivity index (χ3n) is 4.79. The largest absolute Gasteiger partial charge is 0.492 e. The Morgan fingerprint density at radius 1 is 1.24 bits per heavy atom. The lowest BCUT2D eigenvalue weighted by atomic mass is 9.98. The Kier molecular flexibility index (Phi) is 6.46. The standard InChI is InChI=1S/C18H28N2O4S/c1-4-5-10-24-16-11-13(2)14(3)12-17(16)25(22,23)20-8-6-15(7-9-20)18(19)21/h11-12,15H,4-10H2,1-3H3,(H2,19,21). The van der Waals surface area contributed by atoms with Crippen LogP contribution < -0.4 is 10.5 Å². The van der Waals surface area contributed by atoms with Crippen molar-refractivity contribution in [3.05, 3.63) is 23.3 Å². The van der Waals surface area contributed by atoms with Gasteiger partial charge >= 0.3 is 0 Å². The van der Waals surface area contributed by atoms with E-state index in [0.717, 1.165) is 24.0 Å². The first-order valence-corrected chi connectivity index (χ1v) is 10.2. The van der Waals surface area contributed by atoms with Gasteiger partial charge < -0.3 is 10.5 Å². The number of unbranched alkanes of at least 4 members (excludes halogenated alkanes) is 1. The summed E-state index contributed by atoms with van der Waals surface area (Å²) in [5.41, 5.74) is 7.24. The lowest BCUT2D eigenvalue weighted by Gasteiger charge is -2.30. The molecule has 1 heterocycles. The van der Waals surface area contributed by atoms with Crippen LogP contribution in [0.5, 0.6) is 5.75 Å². The maximum Gasteiger partial charge on any atom is 0.246 e. The summed E-state index contributed by atoms with van der Waals surface area (Å²) in [6.07, 6.45) is 2.78. The molecule has 1 aliphatic rings. The molecule has 25 heavy (non-hydrogen) atoms. The summed E-state index contributed by atoms with van der Waals surface area (Å²) in [4.78, 5) is 11.5. The normalized spacial score (nSPS) is 16.8. The summed E-state index contributed by atoms with van der Waals surface area (Å²) in [7, 11) is -3.66. The molecule has 0 bridgehead atoms. The summed E-state index contributed by atoms with van der Waals surface area (Å²) in [5, 5.41) is 0. The van der Waals surface area contributed by atoms with Crippen LogP contribution >= 0.6 is 0 Å². The predicted molar refractivity (Wildman–Crippen MR) is 97.0 cm³/mol. The topological polar surface area (TPSA) is 89.7 Å². The van der Waals surface area contributed by atoms with E-state index in [0.29, 0.717) is 38.3 Å². The van der Waals surface area contributed by atoms with Gasteiger partial charge in [0.05, 0.1) is 6.61 Å². The van der Waals surface area contributed by atoms with Crippen molar-refractivity contribution in [2.45, 2.75) is 51.3 Å². The Morgan fingerprint density at radius 2 is 1.84 bits per heavy atom. The van der Waals surface area contributed by atoms with Gasteiger partial charge in [0.1, 0.15) is 10.6 Å². The van der Waals surface area contributed by atoms with Crippen LogP contribution in [0.4, 0.5) is 0 Å². The number of benzene rings is 1. The highest BCUT2D eigenvalue weighted by Gasteiger charge is 2.33. The molecule has 1 aliphatic heterocycles. The highest BCUT2D eigenvalue weighted by Crippen LogP contribution is 2.32. The number of ether oxygens (including phenoxy) is 1. The van der Waals surface area contributed by atoms with Gasteiger partial charge in [-0.1, -0.05) is 13.3 Å². The van der Waals surface area contributed by atoms with Gasteiger partial charge in [0, 0.05) is 19.0 Å². The summed E-state index contributed by atoms with van der Waals surface area (Å²) in [6, 6.07) is 3.49. The van der Waals surface area contributed by atoms with Gasteiger partial charge in [-0.2, -0.15) is 4.31 Å². The fraction of sp³-hybridized carbons (Fsp3) is 0.611. The molecular weight excluding hydrogens is 340 g/mol. The zero-order valence-electron chi connectivity index (χ0n) is 15.2. The van der Waals surface area contributed by atoms with Crippen molar-refractivity contribution in [3.63, 3.8) is 0 Å². The van der Waals surface area contributed by atoms with Crippen molar-refractivity contribution in [2.75, 3.05) is 19.7 Å². The molecule has 1 amide bonds. The van der Waals surface area contributed by atoms with Crippen LogP contribution in [0.15, 0.2) is 17.0 Å². The molecule has 0 aliphatic carbocycles. The minimum absolute atomic E-state index is 0.212. The molecule has 0 atom stereocenters. The number of primary amides is 1. The Morgan fingerprint density at radius 3 is 2.40 bits per heavy atom. The molecule has 1 aromatic rings. The summed E-state index contributed by atoms with van der Waals surface area (Å²) in [5.74, 6) is -0.188. The summed E-state index contributed by atoms with van der Waals surface area (Å²) < 4.78 is 33.4. The number of hydrogen-bond donors (Lipinski definition) is 1. The minimum Gasteiger partial charge on any atom is -0.492 e. The molecule has 2 N–H and O–H groups in total. The molecule has 0 radical (unpaired) electrons. The van der Waals surface area contributed by atoms with E-state index in [1.54, 1.807) is 12.1 Å². The molecule has 1 saturated heterocycles. The number of amides is 1.